The fourth-order valence-corrected chi connectivity index (χ4v) is 4.53. The van der Waals surface area contributed by atoms with Gasteiger partial charge in [0, 0.05) is 19.3 Å². The summed E-state index contributed by atoms with van der Waals surface area (Å²) in [7, 11) is 1.41. The fraction of sp³-hybridized carbons (Fsp3) is 0.231. The number of methoxy groups -OCH3 is 1. The number of hydrogen-bond donors (Lipinski definition) is 0. The van der Waals surface area contributed by atoms with E-state index < -0.39 is 5.82 Å². The van der Waals surface area contributed by atoms with Crippen LogP contribution in [0.25, 0.3) is 16.7 Å². The number of para-hydroxylation sites is 1. The van der Waals surface area contributed by atoms with Gasteiger partial charge in [-0.2, -0.15) is 0 Å². The standard InChI is InChI=1S/C26H25FN4O3S/c1-4-30(15-18-10-11-22(34-3)20(27)13-18)24(32)16-35-26-29-21-8-6-5-7-19(21)25(33)31(26)23-12-9-17(2)14-28-23/h5-14H,4,15-16H2,1-3H3. The molecule has 0 aliphatic rings. The van der Waals surface area contributed by atoms with Crippen LogP contribution in [-0.4, -0.2) is 44.7 Å². The highest BCUT2D eigenvalue weighted by Crippen LogP contribution is 2.22. The predicted molar refractivity (Wildman–Crippen MR) is 135 cm³/mol. The second kappa shape index (κ2) is 10.7. The van der Waals surface area contributed by atoms with Crippen molar-refractivity contribution in [3.8, 4) is 11.6 Å². The molecular weight excluding hydrogens is 467 g/mol. The number of pyridine rings is 1. The number of carbonyl (C=O) groups excluding carboxylic acids is 1. The van der Waals surface area contributed by atoms with Crippen molar-refractivity contribution in [2.75, 3.05) is 19.4 Å². The molecule has 2 heterocycles. The number of thioether (sulfide) groups is 1. The molecule has 0 aliphatic heterocycles. The Morgan fingerprint density at radius 2 is 1.97 bits per heavy atom. The lowest BCUT2D eigenvalue weighted by Crippen LogP contribution is -2.32. The zero-order valence-corrected chi connectivity index (χ0v) is 20.5. The molecule has 0 radical (unpaired) electrons. The number of fused-ring (bicyclic) bond motifs is 1. The molecule has 0 atom stereocenters. The van der Waals surface area contributed by atoms with Crippen LogP contribution in [0.1, 0.15) is 18.1 Å². The fourth-order valence-electron chi connectivity index (χ4n) is 3.63. The van der Waals surface area contributed by atoms with Gasteiger partial charge in [0.1, 0.15) is 5.82 Å². The zero-order valence-electron chi connectivity index (χ0n) is 19.7. The molecule has 9 heteroatoms. The predicted octanol–water partition coefficient (Wildman–Crippen LogP) is 4.38. The number of carbonyl (C=O) groups is 1. The zero-order chi connectivity index (χ0) is 24.9. The van der Waals surface area contributed by atoms with Gasteiger partial charge in [0.05, 0.1) is 23.8 Å². The van der Waals surface area contributed by atoms with Crippen molar-refractivity contribution in [3.63, 3.8) is 0 Å². The Hall–Kier alpha value is -3.72. The van der Waals surface area contributed by atoms with E-state index in [9.17, 15) is 14.0 Å². The van der Waals surface area contributed by atoms with E-state index in [4.69, 9.17) is 4.74 Å². The number of aryl methyl sites for hydroxylation is 1. The van der Waals surface area contributed by atoms with Gasteiger partial charge in [-0.3, -0.25) is 9.59 Å². The molecule has 4 aromatic rings. The Morgan fingerprint density at radius 3 is 2.66 bits per heavy atom. The summed E-state index contributed by atoms with van der Waals surface area (Å²) < 4.78 is 20.5. The largest absolute Gasteiger partial charge is 0.494 e. The van der Waals surface area contributed by atoms with E-state index in [0.29, 0.717) is 34.0 Å². The van der Waals surface area contributed by atoms with Gasteiger partial charge in [-0.15, -0.1) is 0 Å². The summed E-state index contributed by atoms with van der Waals surface area (Å²) in [5.41, 5.74) is 1.93. The summed E-state index contributed by atoms with van der Waals surface area (Å²) in [6, 6.07) is 15.4. The Bertz CT molecular complexity index is 1420. The lowest BCUT2D eigenvalue weighted by atomic mass is 10.2. The third kappa shape index (κ3) is 5.35. The quantitative estimate of drug-likeness (QED) is 0.268. The molecule has 2 aromatic carbocycles. The minimum atomic E-state index is -0.474. The number of nitrogens with zero attached hydrogens (tertiary/aromatic N) is 4. The van der Waals surface area contributed by atoms with Crippen LogP contribution in [0, 0.1) is 12.7 Å². The first-order valence-corrected chi connectivity index (χ1v) is 12.1. The summed E-state index contributed by atoms with van der Waals surface area (Å²) in [4.78, 5) is 37.1. The van der Waals surface area contributed by atoms with Crippen LogP contribution in [-0.2, 0) is 11.3 Å². The normalized spacial score (nSPS) is 11.0. The lowest BCUT2D eigenvalue weighted by Gasteiger charge is -2.21. The third-order valence-corrected chi connectivity index (χ3v) is 6.44. The lowest BCUT2D eigenvalue weighted by molar-refractivity contribution is -0.128. The van der Waals surface area contributed by atoms with E-state index >= 15 is 0 Å². The number of ether oxygens (including phenoxy) is 1. The van der Waals surface area contributed by atoms with Crippen LogP contribution < -0.4 is 10.3 Å². The summed E-state index contributed by atoms with van der Waals surface area (Å²) >= 11 is 1.17. The molecule has 0 saturated heterocycles. The van der Waals surface area contributed by atoms with E-state index in [0.717, 1.165) is 5.56 Å². The molecule has 2 aromatic heterocycles. The molecular formula is C26H25FN4O3S. The number of aromatic nitrogens is 3. The number of benzene rings is 2. The maximum absolute atomic E-state index is 14.1. The topological polar surface area (TPSA) is 77.3 Å². The first-order chi connectivity index (χ1) is 16.9. The molecule has 0 aliphatic carbocycles. The van der Waals surface area contributed by atoms with Crippen LogP contribution in [0.4, 0.5) is 4.39 Å². The van der Waals surface area contributed by atoms with Crippen LogP contribution >= 0.6 is 11.8 Å². The monoisotopic (exact) mass is 492 g/mol. The Morgan fingerprint density at radius 1 is 1.17 bits per heavy atom. The molecule has 0 bridgehead atoms. The Balaban J connectivity index is 1.60. The molecule has 0 N–H and O–H groups in total. The second-order valence-electron chi connectivity index (χ2n) is 7.91. The van der Waals surface area contributed by atoms with Crippen molar-refractivity contribution in [2.24, 2.45) is 0 Å². The maximum atomic E-state index is 14.1. The first kappa shape index (κ1) is 24.4. The molecule has 1 amide bonds. The minimum Gasteiger partial charge on any atom is -0.494 e. The Kier molecular flexibility index (Phi) is 7.45. The maximum Gasteiger partial charge on any atom is 0.267 e. The van der Waals surface area contributed by atoms with Crippen molar-refractivity contribution in [3.05, 3.63) is 88.1 Å². The van der Waals surface area contributed by atoms with Crippen LogP contribution in [0.2, 0.25) is 0 Å². The van der Waals surface area contributed by atoms with Crippen LogP contribution in [0.3, 0.4) is 0 Å². The third-order valence-electron chi connectivity index (χ3n) is 5.52. The average Bonchev–Trinajstić information content (AvgIpc) is 2.87. The minimum absolute atomic E-state index is 0.0586. The average molecular weight is 493 g/mol. The Labute approximate surface area is 206 Å². The second-order valence-corrected chi connectivity index (χ2v) is 8.85. The van der Waals surface area contributed by atoms with E-state index in [-0.39, 0.29) is 29.5 Å². The van der Waals surface area contributed by atoms with Gasteiger partial charge >= 0.3 is 0 Å². The van der Waals surface area contributed by atoms with Gasteiger partial charge in [0.25, 0.3) is 5.56 Å². The SMILES string of the molecule is CCN(Cc1ccc(OC)c(F)c1)C(=O)CSc1nc2ccccc2c(=O)n1-c1ccc(C)cn1. The highest BCUT2D eigenvalue weighted by atomic mass is 32.2. The van der Waals surface area contributed by atoms with E-state index in [2.05, 4.69) is 9.97 Å². The molecule has 7 nitrogen and oxygen atoms in total. The van der Waals surface area contributed by atoms with Gasteiger partial charge < -0.3 is 9.64 Å². The molecule has 4 rings (SSSR count). The number of rotatable bonds is 8. The van der Waals surface area contributed by atoms with Gasteiger partial charge in [-0.05, 0) is 55.3 Å². The molecule has 0 unspecified atom stereocenters. The smallest absolute Gasteiger partial charge is 0.267 e. The molecule has 0 saturated carbocycles. The molecule has 0 fully saturated rings. The first-order valence-electron chi connectivity index (χ1n) is 11.1. The highest BCUT2D eigenvalue weighted by molar-refractivity contribution is 7.99. The van der Waals surface area contributed by atoms with Crippen LogP contribution in [0.15, 0.2) is 70.7 Å². The van der Waals surface area contributed by atoms with Gasteiger partial charge in [-0.25, -0.2) is 18.9 Å². The van der Waals surface area contributed by atoms with E-state index in [1.165, 1.54) is 29.5 Å². The number of hydrogen-bond acceptors (Lipinski definition) is 6. The van der Waals surface area contributed by atoms with E-state index in [1.807, 2.05) is 26.0 Å². The summed E-state index contributed by atoms with van der Waals surface area (Å²) in [6.45, 7) is 4.49. The summed E-state index contributed by atoms with van der Waals surface area (Å²) in [5, 5.41) is 0.854. The van der Waals surface area contributed by atoms with Gasteiger partial charge in [-0.1, -0.05) is 36.0 Å². The highest BCUT2D eigenvalue weighted by Gasteiger charge is 2.18. The van der Waals surface area contributed by atoms with Crippen molar-refractivity contribution in [1.82, 2.24) is 19.4 Å². The van der Waals surface area contributed by atoms with E-state index in [1.54, 1.807) is 47.5 Å². The molecule has 180 valence electrons. The van der Waals surface area contributed by atoms with Crippen LogP contribution in [0.5, 0.6) is 5.75 Å². The molecule has 0 spiro atoms. The van der Waals surface area contributed by atoms with Crippen molar-refractivity contribution in [2.45, 2.75) is 25.5 Å². The van der Waals surface area contributed by atoms with Gasteiger partial charge in [0.15, 0.2) is 16.7 Å². The summed E-state index contributed by atoms with van der Waals surface area (Å²) in [5.74, 6) is 0.0272. The molecule has 35 heavy (non-hydrogen) atoms. The number of halogens is 1. The number of amides is 1. The van der Waals surface area contributed by atoms with Crippen molar-refractivity contribution >= 4 is 28.6 Å². The van der Waals surface area contributed by atoms with Crippen molar-refractivity contribution in [1.29, 1.82) is 0 Å². The van der Waals surface area contributed by atoms with Gasteiger partial charge in [0.2, 0.25) is 5.91 Å². The summed E-state index contributed by atoms with van der Waals surface area (Å²) in [6.07, 6.45) is 1.68. The van der Waals surface area contributed by atoms with Crippen molar-refractivity contribution < 1.29 is 13.9 Å².